The molecule has 0 aliphatic heterocycles. The number of amidine groups is 1. The fourth-order valence-corrected chi connectivity index (χ4v) is 3.54. The smallest absolute Gasteiger partial charge is 0.179 e. The Morgan fingerprint density at radius 1 is 1.24 bits per heavy atom. The number of hydrogen-bond donors (Lipinski definition) is 2. The van der Waals surface area contributed by atoms with Crippen LogP contribution in [-0.2, 0) is 0 Å². The van der Waals surface area contributed by atoms with Crippen LogP contribution in [0.15, 0.2) is 37.8 Å². The minimum absolute atomic E-state index is 0.0853. The average molecular weight is 282 g/mol. The van der Waals surface area contributed by atoms with Crippen molar-refractivity contribution in [2.45, 2.75) is 13.6 Å². The number of thioether (sulfide) groups is 1. The molecule has 2 aromatic rings. The van der Waals surface area contributed by atoms with Gasteiger partial charge in [0.15, 0.2) is 8.68 Å². The van der Waals surface area contributed by atoms with E-state index in [-0.39, 0.29) is 5.84 Å². The summed E-state index contributed by atoms with van der Waals surface area (Å²) < 4.78 is 1.89. The molecular weight excluding hydrogens is 272 g/mol. The zero-order valence-corrected chi connectivity index (χ0v) is 11.5. The zero-order chi connectivity index (χ0) is 12.3. The van der Waals surface area contributed by atoms with Gasteiger partial charge in [-0.3, -0.25) is 5.41 Å². The van der Waals surface area contributed by atoms with E-state index in [9.17, 15) is 0 Å². The van der Waals surface area contributed by atoms with Gasteiger partial charge in [0.25, 0.3) is 0 Å². The van der Waals surface area contributed by atoms with Crippen LogP contribution in [0.4, 0.5) is 0 Å². The second-order valence-corrected chi connectivity index (χ2v) is 6.43. The molecule has 17 heavy (non-hydrogen) atoms. The van der Waals surface area contributed by atoms with Gasteiger partial charge in [-0.15, -0.1) is 10.2 Å². The van der Waals surface area contributed by atoms with Crippen molar-refractivity contribution in [3.63, 3.8) is 0 Å². The zero-order valence-electron chi connectivity index (χ0n) is 9.01. The number of nitrogens with two attached hydrogens (primary N) is 1. The summed E-state index contributed by atoms with van der Waals surface area (Å²) in [5, 5.41) is 15.4. The van der Waals surface area contributed by atoms with Crippen LogP contribution in [0, 0.1) is 5.41 Å². The number of nitrogens with zero attached hydrogens (tertiary/aromatic N) is 2. The maximum atomic E-state index is 7.30. The number of aromatic nitrogens is 2. The largest absolute Gasteiger partial charge is 0.384 e. The predicted molar refractivity (Wildman–Crippen MR) is 73.3 cm³/mol. The Balaban J connectivity index is 2.10. The van der Waals surface area contributed by atoms with Crippen molar-refractivity contribution in [3.05, 3.63) is 29.8 Å². The molecule has 2 rings (SSSR count). The van der Waals surface area contributed by atoms with Crippen molar-refractivity contribution in [1.29, 1.82) is 5.41 Å². The second-order valence-electron chi connectivity index (χ2n) is 3.08. The summed E-state index contributed by atoms with van der Waals surface area (Å²) in [5.74, 6) is 0.0853. The number of rotatable bonds is 4. The maximum Gasteiger partial charge on any atom is 0.179 e. The first-order valence-corrected chi connectivity index (χ1v) is 7.54. The van der Waals surface area contributed by atoms with Gasteiger partial charge in [-0.2, -0.15) is 0 Å². The van der Waals surface area contributed by atoms with Gasteiger partial charge in [-0.1, -0.05) is 47.0 Å². The monoisotopic (exact) mass is 282 g/mol. The van der Waals surface area contributed by atoms with Crippen LogP contribution in [0.5, 0.6) is 0 Å². The van der Waals surface area contributed by atoms with Gasteiger partial charge in [0.1, 0.15) is 5.84 Å². The summed E-state index contributed by atoms with van der Waals surface area (Å²) in [6, 6.07) is 7.53. The molecule has 1 aromatic heterocycles. The van der Waals surface area contributed by atoms with Gasteiger partial charge in [-0.25, -0.2) is 0 Å². The topological polar surface area (TPSA) is 75.7 Å². The van der Waals surface area contributed by atoms with Crippen LogP contribution in [-0.4, -0.2) is 22.3 Å². The number of nitrogens with one attached hydrogen (secondary N) is 1. The highest BCUT2D eigenvalue weighted by atomic mass is 32.2. The lowest BCUT2D eigenvalue weighted by atomic mass is 10.2. The fourth-order valence-electron chi connectivity index (χ4n) is 1.12. The quantitative estimate of drug-likeness (QED) is 0.512. The van der Waals surface area contributed by atoms with Crippen molar-refractivity contribution in [2.24, 2.45) is 5.73 Å². The van der Waals surface area contributed by atoms with E-state index in [2.05, 4.69) is 10.2 Å². The highest BCUT2D eigenvalue weighted by Crippen LogP contribution is 2.32. The van der Waals surface area contributed by atoms with Gasteiger partial charge in [-0.05, 0) is 18.4 Å². The highest BCUT2D eigenvalue weighted by molar-refractivity contribution is 8.03. The van der Waals surface area contributed by atoms with Crippen LogP contribution in [0.1, 0.15) is 5.56 Å². The highest BCUT2D eigenvalue weighted by Gasteiger charge is 2.05. The predicted octanol–water partition coefficient (Wildman–Crippen LogP) is 2.70. The minimum Gasteiger partial charge on any atom is -0.384 e. The fraction of sp³-hybridized carbons (Fsp3) is 0.100. The van der Waals surface area contributed by atoms with Gasteiger partial charge >= 0.3 is 0 Å². The van der Waals surface area contributed by atoms with E-state index in [1.807, 2.05) is 30.5 Å². The van der Waals surface area contributed by atoms with Crippen LogP contribution >= 0.6 is 34.9 Å². The van der Waals surface area contributed by atoms with Crippen LogP contribution in [0.3, 0.4) is 0 Å². The van der Waals surface area contributed by atoms with Crippen molar-refractivity contribution in [1.82, 2.24) is 10.2 Å². The standard InChI is InChI=1S/C10H10N4S3/c1-15-9-13-14-10(17-9)16-7-4-2-6(3-5-7)8(11)12/h2-5H,1H3,(H3,11,12). The molecular formula is C10H10N4S3. The number of hydrogen-bond acceptors (Lipinski definition) is 6. The molecule has 0 amide bonds. The van der Waals surface area contributed by atoms with Crippen LogP contribution in [0.2, 0.25) is 0 Å². The SMILES string of the molecule is CSc1nnc(Sc2ccc(C(=N)N)cc2)s1. The van der Waals surface area contributed by atoms with Gasteiger partial charge < -0.3 is 5.73 Å². The second kappa shape index (κ2) is 5.52. The Bertz CT molecular complexity index is 521. The summed E-state index contributed by atoms with van der Waals surface area (Å²) in [6.45, 7) is 0. The Hall–Kier alpha value is -1.05. The normalized spacial score (nSPS) is 10.4. The van der Waals surface area contributed by atoms with Gasteiger partial charge in [0.2, 0.25) is 0 Å². The molecule has 88 valence electrons. The van der Waals surface area contributed by atoms with Gasteiger partial charge in [0.05, 0.1) is 0 Å². The molecule has 0 saturated carbocycles. The number of nitrogen functional groups attached to an aromatic ring is 1. The Morgan fingerprint density at radius 3 is 2.41 bits per heavy atom. The Kier molecular flexibility index (Phi) is 4.03. The summed E-state index contributed by atoms with van der Waals surface area (Å²) in [6.07, 6.45) is 1.98. The van der Waals surface area contributed by atoms with E-state index in [4.69, 9.17) is 11.1 Å². The molecule has 1 heterocycles. The molecule has 0 saturated heterocycles. The number of benzene rings is 1. The van der Waals surface area contributed by atoms with Crippen molar-refractivity contribution >= 4 is 40.7 Å². The molecule has 0 aliphatic rings. The van der Waals surface area contributed by atoms with Crippen LogP contribution in [0.25, 0.3) is 0 Å². The molecule has 7 heteroatoms. The van der Waals surface area contributed by atoms with E-state index >= 15 is 0 Å². The lowest BCUT2D eigenvalue weighted by Gasteiger charge is -1.99. The van der Waals surface area contributed by atoms with E-state index in [1.54, 1.807) is 34.9 Å². The van der Waals surface area contributed by atoms with E-state index < -0.39 is 0 Å². The molecule has 0 unspecified atom stereocenters. The first-order chi connectivity index (χ1) is 8.19. The lowest BCUT2D eigenvalue weighted by Crippen LogP contribution is -2.10. The van der Waals surface area contributed by atoms with Crippen molar-refractivity contribution in [3.8, 4) is 0 Å². The van der Waals surface area contributed by atoms with Crippen LogP contribution < -0.4 is 5.73 Å². The first kappa shape index (κ1) is 12.4. The van der Waals surface area contributed by atoms with Crippen molar-refractivity contribution in [2.75, 3.05) is 6.26 Å². The summed E-state index contributed by atoms with van der Waals surface area (Å²) in [5.41, 5.74) is 6.12. The lowest BCUT2D eigenvalue weighted by molar-refractivity contribution is 0.956. The Labute approximate surface area is 112 Å². The summed E-state index contributed by atoms with van der Waals surface area (Å²) in [4.78, 5) is 1.07. The molecule has 0 radical (unpaired) electrons. The third-order valence-electron chi connectivity index (χ3n) is 1.93. The maximum absolute atomic E-state index is 7.30. The summed E-state index contributed by atoms with van der Waals surface area (Å²) >= 11 is 4.73. The van der Waals surface area contributed by atoms with E-state index in [0.29, 0.717) is 0 Å². The molecule has 3 N–H and O–H groups in total. The Morgan fingerprint density at radius 2 is 1.88 bits per heavy atom. The molecule has 0 aliphatic carbocycles. The van der Waals surface area contributed by atoms with Crippen molar-refractivity contribution < 1.29 is 0 Å². The molecule has 0 bridgehead atoms. The molecule has 0 spiro atoms. The average Bonchev–Trinajstić information content (AvgIpc) is 2.77. The van der Waals surface area contributed by atoms with Gasteiger partial charge in [0, 0.05) is 10.5 Å². The third-order valence-corrected chi connectivity index (χ3v) is 4.89. The van der Waals surface area contributed by atoms with E-state index in [0.717, 1.165) is 19.1 Å². The molecule has 4 nitrogen and oxygen atoms in total. The van der Waals surface area contributed by atoms with E-state index in [1.165, 1.54) is 0 Å². The molecule has 1 aromatic carbocycles. The third kappa shape index (κ3) is 3.21. The first-order valence-electron chi connectivity index (χ1n) is 4.69. The summed E-state index contributed by atoms with van der Waals surface area (Å²) in [7, 11) is 0. The minimum atomic E-state index is 0.0853. The molecule has 0 fully saturated rings. The molecule has 0 atom stereocenters.